The molecule has 0 nitrogen and oxygen atoms in total. The second kappa shape index (κ2) is 67.8. The van der Waals surface area contributed by atoms with Gasteiger partial charge in [0.15, 0.2) is 0 Å². The van der Waals surface area contributed by atoms with Crippen molar-refractivity contribution in [3.63, 3.8) is 0 Å². The molecule has 0 fully saturated rings. The van der Waals surface area contributed by atoms with E-state index in [9.17, 15) is 0 Å². The van der Waals surface area contributed by atoms with E-state index in [1.54, 1.807) is 0 Å². The van der Waals surface area contributed by atoms with Gasteiger partial charge in [0.25, 0.3) is 0 Å². The molecule has 0 aliphatic carbocycles. The number of unbranched alkanes of at least 4 members (excludes halogenated alkanes) is 58. The molecule has 2 heteroatoms. The first kappa shape index (κ1) is 72.7. The van der Waals surface area contributed by atoms with E-state index in [0.717, 1.165) is 5.25 Å². The maximum Gasteiger partial charge on any atom is 0.0435 e. The summed E-state index contributed by atoms with van der Waals surface area (Å²) in [7, 11) is 0. The van der Waals surface area contributed by atoms with Crippen LogP contribution >= 0.6 is 23.5 Å². The number of thioether (sulfide) groups is 2. The van der Waals surface area contributed by atoms with Gasteiger partial charge < -0.3 is 0 Å². The second-order valence-electron chi connectivity index (χ2n) is 24.1. The van der Waals surface area contributed by atoms with Gasteiger partial charge in [-0.2, -0.15) is 23.5 Å². The lowest BCUT2D eigenvalue weighted by Crippen LogP contribution is -2.13. The fraction of sp³-hybridized carbons (Fsp3) is 0.986. The van der Waals surface area contributed by atoms with Crippen molar-refractivity contribution in [2.75, 3.05) is 12.0 Å². The highest BCUT2D eigenvalue weighted by molar-refractivity contribution is 8.05. The van der Waals surface area contributed by atoms with E-state index in [2.05, 4.69) is 50.6 Å². The van der Waals surface area contributed by atoms with Crippen LogP contribution in [0, 0.1) is 5.25 Å². The van der Waals surface area contributed by atoms with Crippen molar-refractivity contribution < 1.29 is 0 Å². The van der Waals surface area contributed by atoms with E-state index >= 15 is 0 Å². The van der Waals surface area contributed by atoms with Crippen LogP contribution in [0.3, 0.4) is 0 Å². The van der Waals surface area contributed by atoms with Crippen LogP contribution in [0.15, 0.2) is 0 Å². The van der Waals surface area contributed by atoms with E-state index in [4.69, 9.17) is 0 Å². The van der Waals surface area contributed by atoms with E-state index < -0.39 is 0 Å². The Morgan fingerprint density at radius 3 is 0.611 bits per heavy atom. The largest absolute Gasteiger partial charge is 0.161 e. The lowest BCUT2D eigenvalue weighted by Gasteiger charge is -2.25. The van der Waals surface area contributed by atoms with Crippen molar-refractivity contribution in [3.8, 4) is 0 Å². The standard InChI is InChI=1S/C70H141S2/c1-5-8-11-14-17-20-23-26-29-32-35-37-40-43-46-49-52-55-58-61-64-67-70(69(71-4)66-63-60-57-54-51-48-45-42-39-34-31-28-25-22-19-16-13-10-7-3)72-68-65-62-59-56-53-50-47-44-41-38-36-33-30-27-24-21-18-15-12-9-6-2/h69H,5-68H2,1-4H3. The first-order valence-corrected chi connectivity index (χ1v) is 37.1. The first-order chi connectivity index (χ1) is 35.8. The molecule has 0 N–H and O–H groups in total. The maximum atomic E-state index is 2.43. The third-order valence-electron chi connectivity index (χ3n) is 16.8. The molecule has 0 aromatic heterocycles. The fourth-order valence-corrected chi connectivity index (χ4v) is 14.1. The molecule has 0 aliphatic heterocycles. The van der Waals surface area contributed by atoms with Gasteiger partial charge in [0.05, 0.1) is 0 Å². The Morgan fingerprint density at radius 2 is 0.403 bits per heavy atom. The molecule has 0 saturated carbocycles. The summed E-state index contributed by atoms with van der Waals surface area (Å²) in [4.78, 5) is 0. The van der Waals surface area contributed by atoms with Crippen molar-refractivity contribution in [2.24, 2.45) is 0 Å². The molecule has 72 heavy (non-hydrogen) atoms. The highest BCUT2D eigenvalue weighted by atomic mass is 32.2. The number of hydrogen-bond acceptors (Lipinski definition) is 2. The lowest BCUT2D eigenvalue weighted by atomic mass is 10.0. The van der Waals surface area contributed by atoms with Gasteiger partial charge in [-0.3, -0.25) is 0 Å². The zero-order chi connectivity index (χ0) is 51.8. The molecule has 1 atom stereocenters. The molecule has 433 valence electrons. The van der Waals surface area contributed by atoms with Crippen LogP contribution in [-0.4, -0.2) is 17.3 Å². The van der Waals surface area contributed by atoms with Crippen LogP contribution in [0.5, 0.6) is 0 Å². The minimum atomic E-state index is 0.792. The van der Waals surface area contributed by atoms with Gasteiger partial charge in [-0.25, -0.2) is 0 Å². The Kier molecular flexibility index (Phi) is 68.5. The maximum absolute atomic E-state index is 2.43. The van der Waals surface area contributed by atoms with E-state index in [-0.39, 0.29) is 0 Å². The van der Waals surface area contributed by atoms with Gasteiger partial charge in [-0.15, -0.1) is 0 Å². The monoisotopic (exact) mass is 1050 g/mol. The third-order valence-corrected chi connectivity index (χ3v) is 19.4. The third kappa shape index (κ3) is 61.6. The fourth-order valence-electron chi connectivity index (χ4n) is 11.6. The Labute approximate surface area is 468 Å². The molecule has 0 bridgehead atoms. The average Bonchev–Trinajstić information content (AvgIpc) is 3.39. The van der Waals surface area contributed by atoms with Crippen LogP contribution in [0.1, 0.15) is 425 Å². The summed E-state index contributed by atoms with van der Waals surface area (Å²) in [6.45, 7) is 6.96. The van der Waals surface area contributed by atoms with Crippen LogP contribution < -0.4 is 0 Å². The van der Waals surface area contributed by atoms with E-state index in [0.29, 0.717) is 0 Å². The molecule has 0 rings (SSSR count). The molecule has 0 aromatic carbocycles. The SMILES string of the molecule is CCCCCCCCCCCCCCCCCCCCCCCS[C](CCCCCCCCCCCCCCCCCCCCCCC)C(CCCCCCCCCCCCCCCCCCCCC)SC. The molecule has 0 heterocycles. The minimum absolute atomic E-state index is 0.792. The summed E-state index contributed by atoms with van der Waals surface area (Å²) in [6.07, 6.45) is 95.1. The van der Waals surface area contributed by atoms with Gasteiger partial charge in [0, 0.05) is 10.5 Å². The normalized spacial score (nSPS) is 12.3. The summed E-state index contributed by atoms with van der Waals surface area (Å²) in [5, 5.41) is 2.68. The predicted octanol–water partition coefficient (Wildman–Crippen LogP) is 27.6. The highest BCUT2D eigenvalue weighted by Crippen LogP contribution is 2.38. The average molecular weight is 1050 g/mol. The lowest BCUT2D eigenvalue weighted by molar-refractivity contribution is 0.518. The van der Waals surface area contributed by atoms with Gasteiger partial charge in [0.1, 0.15) is 0 Å². The number of rotatable bonds is 67. The molecular weight excluding hydrogens is 905 g/mol. The molecular formula is C70H141S2. The minimum Gasteiger partial charge on any atom is -0.161 e. The van der Waals surface area contributed by atoms with Crippen LogP contribution in [-0.2, 0) is 0 Å². The Hall–Kier alpha value is 0.700. The first-order valence-electron chi connectivity index (χ1n) is 34.8. The van der Waals surface area contributed by atoms with Crippen molar-refractivity contribution in [1.82, 2.24) is 0 Å². The van der Waals surface area contributed by atoms with E-state index in [1.807, 2.05) is 5.25 Å². The van der Waals surface area contributed by atoms with Gasteiger partial charge in [-0.1, -0.05) is 406 Å². The Morgan fingerprint density at radius 1 is 0.222 bits per heavy atom. The summed E-state index contributed by atoms with van der Waals surface area (Å²) < 4.78 is 0. The van der Waals surface area contributed by atoms with Crippen molar-refractivity contribution in [3.05, 3.63) is 5.25 Å². The smallest absolute Gasteiger partial charge is 0.0435 e. The summed E-state index contributed by atoms with van der Waals surface area (Å²) in [5.74, 6) is 1.38. The summed E-state index contributed by atoms with van der Waals surface area (Å²) in [6, 6.07) is 0. The quantitative estimate of drug-likeness (QED) is 0.0557. The Bertz CT molecular complexity index is 902. The molecule has 0 aromatic rings. The molecule has 1 radical (unpaired) electrons. The summed E-state index contributed by atoms with van der Waals surface area (Å²) >= 11 is 4.52. The molecule has 0 saturated heterocycles. The predicted molar refractivity (Wildman–Crippen MR) is 341 cm³/mol. The highest BCUT2D eigenvalue weighted by Gasteiger charge is 2.21. The van der Waals surface area contributed by atoms with Gasteiger partial charge in [0.2, 0.25) is 0 Å². The van der Waals surface area contributed by atoms with Gasteiger partial charge in [-0.05, 0) is 31.3 Å². The van der Waals surface area contributed by atoms with Crippen molar-refractivity contribution in [2.45, 2.75) is 431 Å². The molecule has 0 spiro atoms. The van der Waals surface area contributed by atoms with Crippen LogP contribution in [0.2, 0.25) is 0 Å². The Balaban J connectivity index is 4.17. The van der Waals surface area contributed by atoms with Crippen LogP contribution in [0.25, 0.3) is 0 Å². The number of hydrogen-bond donors (Lipinski definition) is 0. The zero-order valence-corrected chi connectivity index (χ0v) is 52.8. The van der Waals surface area contributed by atoms with Crippen LogP contribution in [0.4, 0.5) is 0 Å². The molecule has 0 aliphatic rings. The van der Waals surface area contributed by atoms with E-state index in [1.165, 1.54) is 410 Å². The zero-order valence-electron chi connectivity index (χ0n) is 51.1. The van der Waals surface area contributed by atoms with Crippen molar-refractivity contribution in [1.29, 1.82) is 0 Å². The molecule has 0 amide bonds. The topological polar surface area (TPSA) is 0 Å². The summed E-state index contributed by atoms with van der Waals surface area (Å²) in [5.41, 5.74) is 0. The molecule has 1 unspecified atom stereocenters. The van der Waals surface area contributed by atoms with Crippen molar-refractivity contribution >= 4 is 23.5 Å². The van der Waals surface area contributed by atoms with Gasteiger partial charge >= 0.3 is 0 Å². The second-order valence-corrected chi connectivity index (χ2v) is 26.3.